The van der Waals surface area contributed by atoms with E-state index in [1.54, 1.807) is 0 Å². The van der Waals surface area contributed by atoms with E-state index in [0.717, 1.165) is 16.6 Å². The molecule has 0 aromatic heterocycles. The van der Waals surface area contributed by atoms with Crippen LogP contribution in [0, 0.1) is 0 Å². The molecule has 0 amide bonds. The second-order valence-corrected chi connectivity index (χ2v) is 0.303. The van der Waals surface area contributed by atoms with E-state index in [2.05, 4.69) is 10.1 Å². The first-order chi connectivity index (χ1) is 3.41. The summed E-state index contributed by atoms with van der Waals surface area (Å²) < 4.78 is 27.8. The van der Waals surface area contributed by atoms with E-state index in [4.69, 9.17) is 4.46 Å². The Bertz CT molecular complexity index is 25.2. The molecule has 0 spiro atoms. The van der Waals surface area contributed by atoms with Crippen LogP contribution in [0.2, 0.25) is 0 Å². The van der Waals surface area contributed by atoms with Gasteiger partial charge in [0.25, 0.3) is 0 Å². The SMILES string of the molecule is O=[SiH2].[F][Mg][F].[S]=[Zn]. The van der Waals surface area contributed by atoms with Gasteiger partial charge < -0.3 is 10.4 Å². The molecule has 0 bridgehead atoms. The van der Waals surface area contributed by atoms with Crippen molar-refractivity contribution in [2.24, 2.45) is 0 Å². The van der Waals surface area contributed by atoms with Crippen molar-refractivity contribution in [2.75, 3.05) is 0 Å². The molecule has 7 heteroatoms. The van der Waals surface area contributed by atoms with Crippen molar-refractivity contribution in [3.63, 3.8) is 0 Å². The molecule has 0 radical (unpaired) electrons. The first-order valence-electron chi connectivity index (χ1n) is 1.11. The molecule has 0 saturated carbocycles. The summed E-state index contributed by atoms with van der Waals surface area (Å²) in [7, 11) is 4.82. The molecule has 0 atom stereocenters. The first-order valence-corrected chi connectivity index (χ1v) is 6.97. The standard InChI is InChI=1S/2FH.Mg.H2OSi.S.Zn/c;;;1-2;;/h2*1H;;2H2;;/q;;+2;;;/p-2. The summed E-state index contributed by atoms with van der Waals surface area (Å²) in [6.45, 7) is 0. The molecule has 0 aliphatic carbocycles. The van der Waals surface area contributed by atoms with Gasteiger partial charge >= 0.3 is 48.2 Å². The van der Waals surface area contributed by atoms with Crippen molar-refractivity contribution in [3.05, 3.63) is 0 Å². The van der Waals surface area contributed by atoms with Crippen LogP contribution in [0.1, 0.15) is 0 Å². The molecule has 0 N–H and O–H groups in total. The molecule has 0 unspecified atom stereocenters. The van der Waals surface area contributed by atoms with Crippen LogP contribution < -0.4 is 0 Å². The Morgan fingerprint density at radius 3 is 1.43 bits per heavy atom. The van der Waals surface area contributed by atoms with E-state index in [-0.39, 0.29) is 0 Å². The number of rotatable bonds is 0. The van der Waals surface area contributed by atoms with Crippen molar-refractivity contribution in [2.45, 2.75) is 0 Å². The molecular formula is H2F2MgOSSiZn. The molecule has 7 heavy (non-hydrogen) atoms. The van der Waals surface area contributed by atoms with Crippen molar-refractivity contribution in [1.82, 2.24) is 0 Å². The molecule has 0 aliphatic heterocycles. The molecule has 0 aromatic rings. The normalized spacial score (nSPS) is 2.86. The van der Waals surface area contributed by atoms with Crippen LogP contribution in [0.25, 0.3) is 0 Å². The Balaban J connectivity index is -0.0000000360. The zero-order valence-electron chi connectivity index (χ0n) is 3.69. The minimum absolute atomic E-state index is 0.611. The fourth-order valence-corrected chi connectivity index (χ4v) is 0. The second-order valence-electron chi connectivity index (χ2n) is 0.101. The second kappa shape index (κ2) is 50.9. The predicted molar refractivity (Wildman–Crippen MR) is 24.8 cm³/mol. The maximum atomic E-state index is 9.76. The third-order valence-corrected chi connectivity index (χ3v) is 0. The fourth-order valence-electron chi connectivity index (χ4n) is 0. The van der Waals surface area contributed by atoms with Gasteiger partial charge in [0.15, 0.2) is 0 Å². The number of halogens is 2. The molecule has 0 saturated heterocycles. The summed E-state index contributed by atoms with van der Waals surface area (Å²) in [5.41, 5.74) is 0. The van der Waals surface area contributed by atoms with Crippen molar-refractivity contribution < 1.29 is 26.9 Å². The maximum absolute atomic E-state index is 9.76. The third kappa shape index (κ3) is 102. The summed E-state index contributed by atoms with van der Waals surface area (Å²) in [5.74, 6) is 0. The van der Waals surface area contributed by atoms with Gasteiger partial charge in [-0.25, -0.2) is 0 Å². The molecule has 0 aliphatic rings. The van der Waals surface area contributed by atoms with E-state index in [1.165, 1.54) is 0 Å². The van der Waals surface area contributed by atoms with Crippen LogP contribution in [-0.2, 0) is 21.0 Å². The van der Waals surface area contributed by atoms with Gasteiger partial charge in [-0.1, -0.05) is 0 Å². The molecular weight excluding hydrogens is 204 g/mol. The van der Waals surface area contributed by atoms with Gasteiger partial charge in [0.05, 0.1) is 0 Å². The Labute approximate surface area is 68.2 Å². The van der Waals surface area contributed by atoms with E-state index in [9.17, 15) is 5.91 Å². The van der Waals surface area contributed by atoms with Gasteiger partial charge in [0.1, 0.15) is 0 Å². The average Bonchev–Trinajstić information content (AvgIpc) is 1.78. The zero-order chi connectivity index (χ0) is 6.71. The zero-order valence-corrected chi connectivity index (χ0v) is 10.3. The molecule has 0 fully saturated rings. The van der Waals surface area contributed by atoms with Crippen LogP contribution >= 0.6 is 10.1 Å². The predicted octanol–water partition coefficient (Wildman–Crippen LogP) is 0.0703. The fraction of sp³-hybridized carbons (Fsp3) is 0. The van der Waals surface area contributed by atoms with Gasteiger partial charge in [0.2, 0.25) is 10.1 Å². The van der Waals surface area contributed by atoms with Crippen LogP contribution in [0.4, 0.5) is 5.91 Å². The monoisotopic (exact) mass is 204 g/mol. The summed E-state index contributed by atoms with van der Waals surface area (Å²) in [4.78, 5) is 0. The van der Waals surface area contributed by atoms with Crippen LogP contribution in [-0.4, -0.2) is 31.6 Å². The Morgan fingerprint density at radius 1 is 1.43 bits per heavy atom. The first kappa shape index (κ1) is 15.8. The van der Waals surface area contributed by atoms with Gasteiger partial charge in [-0.05, 0) is 0 Å². The molecule has 36 valence electrons. The Morgan fingerprint density at radius 2 is 1.43 bits per heavy atom. The summed E-state index contributed by atoms with van der Waals surface area (Å²) in [5, 5.41) is 0. The van der Waals surface area contributed by atoms with E-state index >= 15 is 0 Å². The van der Waals surface area contributed by atoms with Crippen molar-refractivity contribution in [1.29, 1.82) is 0 Å². The van der Waals surface area contributed by atoms with E-state index < -0.39 is 21.5 Å². The van der Waals surface area contributed by atoms with Gasteiger partial charge in [-0.15, -0.1) is 0 Å². The van der Waals surface area contributed by atoms with Crippen LogP contribution in [0.15, 0.2) is 0 Å². The van der Waals surface area contributed by atoms with Crippen LogP contribution in [0.3, 0.4) is 0 Å². The minimum atomic E-state index is -2.58. The summed E-state index contributed by atoms with van der Waals surface area (Å²) in [6, 6.07) is 0. The average molecular weight is 206 g/mol. The number of hydrogen-bond donors (Lipinski definition) is 0. The van der Waals surface area contributed by atoms with Crippen molar-refractivity contribution >= 4 is 41.7 Å². The molecule has 0 aromatic carbocycles. The van der Waals surface area contributed by atoms with Gasteiger partial charge in [-0.2, -0.15) is 0 Å². The van der Waals surface area contributed by atoms with E-state index in [0.29, 0.717) is 10.1 Å². The Hall–Kier alpha value is 1.49. The molecule has 1 nitrogen and oxygen atoms in total. The summed E-state index contributed by atoms with van der Waals surface area (Å²) in [6.07, 6.45) is 0. The molecule has 0 rings (SSSR count). The number of hydrogen-bond acceptors (Lipinski definition) is 2. The van der Waals surface area contributed by atoms with Crippen LogP contribution in [0.5, 0.6) is 0 Å². The van der Waals surface area contributed by atoms with E-state index in [1.807, 2.05) is 0 Å². The topological polar surface area (TPSA) is 17.1 Å². The summed E-state index contributed by atoms with van der Waals surface area (Å²) >= 11 is -1.62. The Kier molecular flexibility index (Phi) is 115. The third-order valence-electron chi connectivity index (χ3n) is 0. The van der Waals surface area contributed by atoms with Gasteiger partial charge in [-0.3, -0.25) is 0 Å². The molecule has 0 heterocycles. The quantitative estimate of drug-likeness (QED) is 0.521. The van der Waals surface area contributed by atoms with Crippen molar-refractivity contribution in [3.8, 4) is 0 Å². The van der Waals surface area contributed by atoms with Gasteiger partial charge in [0, 0.05) is 0 Å².